The Morgan fingerprint density at radius 3 is 2.86 bits per heavy atom. The number of ether oxygens (including phenoxy) is 1. The summed E-state index contributed by atoms with van der Waals surface area (Å²) in [4.78, 5) is 0. The van der Waals surface area contributed by atoms with Gasteiger partial charge in [-0.1, -0.05) is 6.92 Å². The van der Waals surface area contributed by atoms with E-state index in [4.69, 9.17) is 9.15 Å². The van der Waals surface area contributed by atoms with Crippen LogP contribution in [-0.2, 0) is 4.74 Å². The minimum Gasteiger partial charge on any atom is -0.505 e. The van der Waals surface area contributed by atoms with Crippen LogP contribution in [0.2, 0.25) is 0 Å². The molecule has 78 valence electrons. The molecule has 14 heavy (non-hydrogen) atoms. The van der Waals surface area contributed by atoms with E-state index >= 15 is 0 Å². The molecule has 0 aliphatic carbocycles. The van der Waals surface area contributed by atoms with E-state index in [0.717, 1.165) is 5.76 Å². The van der Waals surface area contributed by atoms with Gasteiger partial charge in [0.15, 0.2) is 0 Å². The van der Waals surface area contributed by atoms with Crippen molar-refractivity contribution in [3.63, 3.8) is 0 Å². The zero-order valence-corrected chi connectivity index (χ0v) is 8.86. The molecule has 3 heteroatoms. The predicted molar refractivity (Wildman–Crippen MR) is 55.8 cm³/mol. The van der Waals surface area contributed by atoms with Gasteiger partial charge in [-0.2, -0.15) is 0 Å². The van der Waals surface area contributed by atoms with Crippen LogP contribution in [0.15, 0.2) is 35.2 Å². The van der Waals surface area contributed by atoms with Crippen LogP contribution >= 0.6 is 0 Å². The van der Waals surface area contributed by atoms with Crippen LogP contribution < -0.4 is 5.32 Å². The molecule has 3 nitrogen and oxygen atoms in total. The van der Waals surface area contributed by atoms with Crippen molar-refractivity contribution in [2.45, 2.75) is 13.0 Å². The van der Waals surface area contributed by atoms with Gasteiger partial charge < -0.3 is 14.5 Å². The smallest absolute Gasteiger partial charge is 0.121 e. The molecule has 1 aromatic heterocycles. The van der Waals surface area contributed by atoms with Crippen molar-refractivity contribution in [2.75, 3.05) is 14.2 Å². The SMILES string of the molecule is CN[C@H](c1ccco1)[C@H](C)/C=C/OC. The molecule has 0 aliphatic rings. The minimum atomic E-state index is 0.191. The van der Waals surface area contributed by atoms with E-state index in [1.54, 1.807) is 19.6 Å². The molecule has 1 aromatic rings. The topological polar surface area (TPSA) is 34.4 Å². The third-order valence-electron chi connectivity index (χ3n) is 2.20. The zero-order valence-electron chi connectivity index (χ0n) is 8.86. The summed E-state index contributed by atoms with van der Waals surface area (Å²) in [7, 11) is 3.56. The fourth-order valence-corrected chi connectivity index (χ4v) is 1.45. The molecule has 0 fully saturated rings. The van der Waals surface area contributed by atoms with Crippen LogP contribution in [-0.4, -0.2) is 14.2 Å². The lowest BCUT2D eigenvalue weighted by Crippen LogP contribution is -2.21. The molecule has 0 saturated carbocycles. The first-order chi connectivity index (χ1) is 6.79. The summed E-state index contributed by atoms with van der Waals surface area (Å²) >= 11 is 0. The van der Waals surface area contributed by atoms with Gasteiger partial charge in [-0.3, -0.25) is 0 Å². The highest BCUT2D eigenvalue weighted by molar-refractivity contribution is 5.08. The highest BCUT2D eigenvalue weighted by Gasteiger charge is 2.17. The number of furan rings is 1. The summed E-state index contributed by atoms with van der Waals surface area (Å²) in [6, 6.07) is 4.06. The Kier molecular flexibility index (Phi) is 4.26. The van der Waals surface area contributed by atoms with E-state index in [-0.39, 0.29) is 6.04 Å². The van der Waals surface area contributed by atoms with Gasteiger partial charge in [0, 0.05) is 0 Å². The fraction of sp³-hybridized carbons (Fsp3) is 0.455. The summed E-state index contributed by atoms with van der Waals surface area (Å²) in [6.45, 7) is 2.11. The molecule has 1 N–H and O–H groups in total. The molecule has 1 heterocycles. The van der Waals surface area contributed by atoms with E-state index < -0.39 is 0 Å². The van der Waals surface area contributed by atoms with Crippen LogP contribution in [0.3, 0.4) is 0 Å². The van der Waals surface area contributed by atoms with Gasteiger partial charge in [-0.25, -0.2) is 0 Å². The first-order valence-corrected chi connectivity index (χ1v) is 4.69. The maximum absolute atomic E-state index is 5.35. The second-order valence-corrected chi connectivity index (χ2v) is 3.21. The first-order valence-electron chi connectivity index (χ1n) is 4.69. The van der Waals surface area contributed by atoms with Crippen molar-refractivity contribution in [3.8, 4) is 0 Å². The molecule has 0 radical (unpaired) electrons. The van der Waals surface area contributed by atoms with Crippen molar-refractivity contribution < 1.29 is 9.15 Å². The Bertz CT molecular complexity index is 267. The Morgan fingerprint density at radius 2 is 2.36 bits per heavy atom. The molecule has 0 amide bonds. The number of rotatable bonds is 5. The fourth-order valence-electron chi connectivity index (χ4n) is 1.45. The molecular weight excluding hydrogens is 178 g/mol. The summed E-state index contributed by atoms with van der Waals surface area (Å²) in [5.74, 6) is 1.27. The maximum Gasteiger partial charge on any atom is 0.121 e. The Labute approximate surface area is 84.8 Å². The summed E-state index contributed by atoms with van der Waals surface area (Å²) in [6.07, 6.45) is 5.38. The number of methoxy groups -OCH3 is 1. The molecule has 0 aromatic carbocycles. The van der Waals surface area contributed by atoms with Crippen LogP contribution in [0.5, 0.6) is 0 Å². The van der Waals surface area contributed by atoms with Crippen LogP contribution in [0.1, 0.15) is 18.7 Å². The van der Waals surface area contributed by atoms with Crippen molar-refractivity contribution >= 4 is 0 Å². The quantitative estimate of drug-likeness (QED) is 0.732. The summed E-state index contributed by atoms with van der Waals surface area (Å²) in [5, 5.41) is 3.21. The van der Waals surface area contributed by atoms with E-state index in [1.165, 1.54) is 0 Å². The van der Waals surface area contributed by atoms with Gasteiger partial charge >= 0.3 is 0 Å². The second kappa shape index (κ2) is 5.50. The van der Waals surface area contributed by atoms with Crippen molar-refractivity contribution in [1.29, 1.82) is 0 Å². The van der Waals surface area contributed by atoms with Crippen molar-refractivity contribution in [3.05, 3.63) is 36.5 Å². The molecule has 2 atom stereocenters. The Balaban J connectivity index is 2.67. The van der Waals surface area contributed by atoms with Crippen LogP contribution in [0.25, 0.3) is 0 Å². The normalized spacial score (nSPS) is 15.6. The predicted octanol–water partition coefficient (Wildman–Crippen LogP) is 2.34. The lowest BCUT2D eigenvalue weighted by molar-refractivity contribution is 0.326. The van der Waals surface area contributed by atoms with E-state index in [1.807, 2.05) is 25.3 Å². The standard InChI is InChI=1S/C11H17NO2/c1-9(6-8-13-3)11(12-2)10-5-4-7-14-10/h4-9,11-12H,1-3H3/b8-6+/t9-,11+/m1/s1. The zero-order chi connectivity index (χ0) is 10.4. The number of nitrogens with one attached hydrogen (secondary N) is 1. The monoisotopic (exact) mass is 195 g/mol. The average molecular weight is 195 g/mol. The first kappa shape index (κ1) is 10.9. The molecule has 0 saturated heterocycles. The molecule has 0 unspecified atom stereocenters. The molecular formula is C11H17NO2. The van der Waals surface area contributed by atoms with Gasteiger partial charge in [-0.15, -0.1) is 0 Å². The molecule has 1 rings (SSSR count). The lowest BCUT2D eigenvalue weighted by Gasteiger charge is -2.18. The van der Waals surface area contributed by atoms with Gasteiger partial charge in [-0.05, 0) is 31.2 Å². The maximum atomic E-state index is 5.35. The van der Waals surface area contributed by atoms with Crippen LogP contribution in [0.4, 0.5) is 0 Å². The third-order valence-corrected chi connectivity index (χ3v) is 2.20. The van der Waals surface area contributed by atoms with Crippen molar-refractivity contribution in [1.82, 2.24) is 5.32 Å². The summed E-state index contributed by atoms with van der Waals surface area (Å²) < 4.78 is 10.2. The van der Waals surface area contributed by atoms with Crippen LogP contribution in [0, 0.1) is 5.92 Å². The number of hydrogen-bond acceptors (Lipinski definition) is 3. The molecule has 0 bridgehead atoms. The minimum absolute atomic E-state index is 0.191. The van der Waals surface area contributed by atoms with Gasteiger partial charge in [0.05, 0.1) is 25.7 Å². The highest BCUT2D eigenvalue weighted by Crippen LogP contribution is 2.22. The Hall–Kier alpha value is -1.22. The van der Waals surface area contributed by atoms with Gasteiger partial charge in [0.25, 0.3) is 0 Å². The lowest BCUT2D eigenvalue weighted by atomic mass is 10.00. The van der Waals surface area contributed by atoms with Crippen molar-refractivity contribution in [2.24, 2.45) is 5.92 Å². The van der Waals surface area contributed by atoms with E-state index in [9.17, 15) is 0 Å². The average Bonchev–Trinajstić information content (AvgIpc) is 2.69. The molecule has 0 spiro atoms. The van der Waals surface area contributed by atoms with E-state index in [0.29, 0.717) is 5.92 Å². The van der Waals surface area contributed by atoms with Gasteiger partial charge in [0.2, 0.25) is 0 Å². The largest absolute Gasteiger partial charge is 0.505 e. The number of hydrogen-bond donors (Lipinski definition) is 1. The van der Waals surface area contributed by atoms with Gasteiger partial charge in [0.1, 0.15) is 5.76 Å². The summed E-state index contributed by atoms with van der Waals surface area (Å²) in [5.41, 5.74) is 0. The third kappa shape index (κ3) is 2.64. The molecule has 0 aliphatic heterocycles. The second-order valence-electron chi connectivity index (χ2n) is 3.21. The Morgan fingerprint density at radius 1 is 1.57 bits per heavy atom. The van der Waals surface area contributed by atoms with E-state index in [2.05, 4.69) is 12.2 Å². The highest BCUT2D eigenvalue weighted by atomic mass is 16.5.